The predicted octanol–water partition coefficient (Wildman–Crippen LogP) is 0.00600. The van der Waals surface area contributed by atoms with Crippen LogP contribution in [0.15, 0.2) is 0 Å². The number of amides is 1. The van der Waals surface area contributed by atoms with Crippen molar-refractivity contribution in [2.75, 3.05) is 46.8 Å². The van der Waals surface area contributed by atoms with E-state index in [4.69, 9.17) is 0 Å². The van der Waals surface area contributed by atoms with Gasteiger partial charge in [-0.25, -0.2) is 0 Å². The van der Waals surface area contributed by atoms with Gasteiger partial charge in [0.05, 0.1) is 6.54 Å². The van der Waals surface area contributed by atoms with Crippen molar-refractivity contribution in [1.82, 2.24) is 15.1 Å². The van der Waals surface area contributed by atoms with Crippen molar-refractivity contribution in [2.24, 2.45) is 5.92 Å². The highest BCUT2D eigenvalue weighted by Gasteiger charge is 2.20. The van der Waals surface area contributed by atoms with Gasteiger partial charge in [-0.05, 0) is 32.0 Å². The van der Waals surface area contributed by atoms with Crippen molar-refractivity contribution in [1.29, 1.82) is 0 Å². The number of carbonyl (C=O) groups is 1. The lowest BCUT2D eigenvalue weighted by Crippen LogP contribution is -2.35. The molecule has 1 rings (SSSR count). The minimum absolute atomic E-state index is 0.153. The van der Waals surface area contributed by atoms with Gasteiger partial charge >= 0.3 is 0 Å². The van der Waals surface area contributed by atoms with Crippen LogP contribution < -0.4 is 5.32 Å². The summed E-state index contributed by atoms with van der Waals surface area (Å²) in [6, 6.07) is 0. The van der Waals surface area contributed by atoms with E-state index in [9.17, 15) is 4.79 Å². The molecule has 1 atom stereocenters. The summed E-state index contributed by atoms with van der Waals surface area (Å²) in [5.41, 5.74) is 0. The van der Waals surface area contributed by atoms with Gasteiger partial charge in [-0.2, -0.15) is 0 Å². The molecular weight excluding hydrogens is 190 g/mol. The summed E-state index contributed by atoms with van der Waals surface area (Å²) in [5, 5.41) is 3.24. The molecule has 1 aliphatic heterocycles. The van der Waals surface area contributed by atoms with Crippen molar-refractivity contribution in [3.8, 4) is 0 Å². The fraction of sp³-hybridized carbons (Fsp3) is 0.909. The first kappa shape index (κ1) is 12.5. The molecule has 1 N–H and O–H groups in total. The minimum atomic E-state index is 0.153. The van der Waals surface area contributed by atoms with Crippen LogP contribution in [0, 0.1) is 5.92 Å². The third kappa shape index (κ3) is 4.18. The molecular formula is C11H23N3O. The van der Waals surface area contributed by atoms with E-state index in [-0.39, 0.29) is 5.91 Å². The van der Waals surface area contributed by atoms with Gasteiger partial charge in [0, 0.05) is 20.6 Å². The molecule has 0 aliphatic carbocycles. The van der Waals surface area contributed by atoms with E-state index < -0.39 is 0 Å². The normalized spacial score (nSPS) is 21.9. The van der Waals surface area contributed by atoms with E-state index in [1.165, 1.54) is 19.5 Å². The van der Waals surface area contributed by atoms with E-state index in [0.717, 1.165) is 19.0 Å². The van der Waals surface area contributed by atoms with Gasteiger partial charge in [0.15, 0.2) is 0 Å². The third-order valence-corrected chi connectivity index (χ3v) is 3.03. The highest BCUT2D eigenvalue weighted by atomic mass is 16.2. The van der Waals surface area contributed by atoms with E-state index in [1.807, 2.05) is 0 Å². The molecule has 1 aliphatic rings. The maximum atomic E-state index is 11.3. The molecule has 0 aromatic heterocycles. The molecule has 1 heterocycles. The summed E-state index contributed by atoms with van der Waals surface area (Å²) in [6.07, 6.45) is 1.26. The molecule has 0 aromatic carbocycles. The van der Waals surface area contributed by atoms with Gasteiger partial charge in [-0.15, -0.1) is 0 Å². The first-order valence-corrected chi connectivity index (χ1v) is 5.76. The number of hydrogen-bond acceptors (Lipinski definition) is 3. The molecule has 0 saturated carbocycles. The maximum Gasteiger partial charge on any atom is 0.236 e. The minimum Gasteiger partial charge on any atom is -0.348 e. The second kappa shape index (κ2) is 6.08. The largest absolute Gasteiger partial charge is 0.348 e. The summed E-state index contributed by atoms with van der Waals surface area (Å²) in [4.78, 5) is 15.4. The summed E-state index contributed by atoms with van der Waals surface area (Å²) >= 11 is 0. The Bertz CT molecular complexity index is 206. The van der Waals surface area contributed by atoms with Crippen LogP contribution in [0.2, 0.25) is 0 Å². The van der Waals surface area contributed by atoms with Gasteiger partial charge in [-0.1, -0.05) is 6.92 Å². The molecule has 0 radical (unpaired) electrons. The molecule has 88 valence electrons. The molecule has 1 unspecified atom stereocenters. The Balaban J connectivity index is 2.09. The number of nitrogens with zero attached hydrogens (tertiary/aromatic N) is 2. The average Bonchev–Trinajstić information content (AvgIpc) is 2.65. The second-order valence-electron chi connectivity index (χ2n) is 4.47. The molecule has 4 heteroatoms. The molecule has 1 saturated heterocycles. The Morgan fingerprint density at radius 3 is 2.80 bits per heavy atom. The van der Waals surface area contributed by atoms with Crippen LogP contribution >= 0.6 is 0 Å². The zero-order valence-corrected chi connectivity index (χ0v) is 10.1. The molecule has 0 aromatic rings. The number of likely N-dealkylation sites (tertiary alicyclic amines) is 1. The standard InChI is InChI=1S/C11H23N3O/c1-4-14-6-5-10(9-14)7-12-8-11(15)13(2)3/h10,12H,4-9H2,1-3H3. The van der Waals surface area contributed by atoms with Crippen molar-refractivity contribution < 1.29 is 4.79 Å². The Hall–Kier alpha value is -0.610. The van der Waals surface area contributed by atoms with Crippen molar-refractivity contribution in [3.05, 3.63) is 0 Å². The number of rotatable bonds is 5. The molecule has 1 amide bonds. The first-order valence-electron chi connectivity index (χ1n) is 5.76. The van der Waals surface area contributed by atoms with E-state index in [0.29, 0.717) is 6.54 Å². The fourth-order valence-corrected chi connectivity index (χ4v) is 1.91. The fourth-order valence-electron chi connectivity index (χ4n) is 1.91. The first-order chi connectivity index (χ1) is 7.13. The number of hydrogen-bond donors (Lipinski definition) is 1. The highest BCUT2D eigenvalue weighted by molar-refractivity contribution is 5.77. The third-order valence-electron chi connectivity index (χ3n) is 3.03. The zero-order valence-electron chi connectivity index (χ0n) is 10.1. The van der Waals surface area contributed by atoms with Crippen LogP contribution in [0.5, 0.6) is 0 Å². The maximum absolute atomic E-state index is 11.3. The zero-order chi connectivity index (χ0) is 11.3. The highest BCUT2D eigenvalue weighted by Crippen LogP contribution is 2.14. The van der Waals surface area contributed by atoms with Gasteiger partial charge in [0.25, 0.3) is 0 Å². The van der Waals surface area contributed by atoms with Gasteiger partial charge in [-0.3, -0.25) is 4.79 Å². The van der Waals surface area contributed by atoms with Crippen LogP contribution in [0.4, 0.5) is 0 Å². The quantitative estimate of drug-likeness (QED) is 0.698. The smallest absolute Gasteiger partial charge is 0.236 e. The number of likely N-dealkylation sites (N-methyl/N-ethyl adjacent to an activating group) is 1. The second-order valence-corrected chi connectivity index (χ2v) is 4.47. The van der Waals surface area contributed by atoms with Crippen LogP contribution in [-0.4, -0.2) is 62.5 Å². The molecule has 4 nitrogen and oxygen atoms in total. The Kier molecular flexibility index (Phi) is 5.05. The SMILES string of the molecule is CCN1CCC(CNCC(=O)N(C)C)C1. The van der Waals surface area contributed by atoms with E-state index in [1.54, 1.807) is 19.0 Å². The molecule has 15 heavy (non-hydrogen) atoms. The van der Waals surface area contributed by atoms with E-state index in [2.05, 4.69) is 17.1 Å². The van der Waals surface area contributed by atoms with Gasteiger partial charge < -0.3 is 15.1 Å². The lowest BCUT2D eigenvalue weighted by molar-refractivity contribution is -0.127. The summed E-state index contributed by atoms with van der Waals surface area (Å²) in [5.74, 6) is 0.875. The monoisotopic (exact) mass is 213 g/mol. The van der Waals surface area contributed by atoms with Crippen LogP contribution in [0.25, 0.3) is 0 Å². The summed E-state index contributed by atoms with van der Waals surface area (Å²) < 4.78 is 0. The summed E-state index contributed by atoms with van der Waals surface area (Å²) in [7, 11) is 3.58. The predicted molar refractivity (Wildman–Crippen MR) is 61.8 cm³/mol. The topological polar surface area (TPSA) is 35.6 Å². The lowest BCUT2D eigenvalue weighted by atomic mass is 10.1. The van der Waals surface area contributed by atoms with Gasteiger partial charge in [0.2, 0.25) is 5.91 Å². The molecule has 0 bridgehead atoms. The van der Waals surface area contributed by atoms with Crippen LogP contribution in [0.1, 0.15) is 13.3 Å². The van der Waals surface area contributed by atoms with Crippen LogP contribution in [-0.2, 0) is 4.79 Å². The Labute approximate surface area is 92.6 Å². The van der Waals surface area contributed by atoms with Gasteiger partial charge in [0.1, 0.15) is 0 Å². The van der Waals surface area contributed by atoms with Crippen molar-refractivity contribution >= 4 is 5.91 Å². The van der Waals surface area contributed by atoms with Crippen LogP contribution in [0.3, 0.4) is 0 Å². The van der Waals surface area contributed by atoms with E-state index >= 15 is 0 Å². The molecule has 0 spiro atoms. The van der Waals surface area contributed by atoms with Crippen molar-refractivity contribution in [2.45, 2.75) is 13.3 Å². The molecule has 1 fully saturated rings. The average molecular weight is 213 g/mol. The number of carbonyl (C=O) groups excluding carboxylic acids is 1. The Morgan fingerprint density at radius 2 is 2.27 bits per heavy atom. The Morgan fingerprint density at radius 1 is 1.53 bits per heavy atom. The lowest BCUT2D eigenvalue weighted by Gasteiger charge is -2.15. The number of nitrogens with one attached hydrogen (secondary N) is 1. The van der Waals surface area contributed by atoms with Crippen molar-refractivity contribution in [3.63, 3.8) is 0 Å². The summed E-state index contributed by atoms with van der Waals surface area (Å²) in [6.45, 7) is 7.17.